The molecule has 0 aliphatic rings. The first kappa shape index (κ1) is 125. The van der Waals surface area contributed by atoms with Crippen LogP contribution in [0.3, 0.4) is 0 Å². The molecule has 0 saturated heterocycles. The van der Waals surface area contributed by atoms with Gasteiger partial charge < -0.3 is 135 Å². The van der Waals surface area contributed by atoms with Crippen LogP contribution in [0.2, 0.25) is 0 Å². The van der Waals surface area contributed by atoms with E-state index < -0.39 is 54.8 Å². The third-order valence-corrected chi connectivity index (χ3v) is 0. The van der Waals surface area contributed by atoms with Crippen LogP contribution in [-0.2, 0) is 32.0 Å². The van der Waals surface area contributed by atoms with Crippen molar-refractivity contribution >= 4 is 394 Å². The topological polar surface area (TPSA) is 604 Å². The molecular weight excluding hydrogens is 1090 g/mol. The monoisotopic (exact) mass is 1090 g/mol. The minimum absolute atomic E-state index is 0. The van der Waals surface area contributed by atoms with Crippen molar-refractivity contribution in [2.75, 3.05) is 0 Å². The van der Waals surface area contributed by atoms with Crippen molar-refractivity contribution in [3.05, 3.63) is 0 Å². The zero-order valence-corrected chi connectivity index (χ0v) is 56.1. The quantitative estimate of drug-likeness (QED) is 0.161. The molecule has 47 heteroatoms. The molecule has 0 aromatic heterocycles. The molecule has 0 unspecified atom stereocenters. The molecule has 0 N–H and O–H groups in total. The minimum Gasteiger partial charge on any atom is -0.822 e. The van der Waals surface area contributed by atoms with Gasteiger partial charge in [-0.1, -0.05) is 0 Å². The van der Waals surface area contributed by atoms with Gasteiger partial charge in [0.1, 0.15) is 0 Å². The summed E-state index contributed by atoms with van der Waals surface area (Å²) < 4.78 is 59.8. The molecule has 0 atom stereocenters. The Morgan fingerprint density at radius 2 is 0.170 bits per heavy atom. The van der Waals surface area contributed by atoms with Crippen molar-refractivity contribution in [1.29, 1.82) is 0 Å². The third-order valence-electron chi connectivity index (χ3n) is 0. The molecule has 0 aliphatic heterocycles. The summed E-state index contributed by atoms with van der Waals surface area (Å²) in [5.74, 6) is 0. The van der Waals surface area contributed by atoms with Gasteiger partial charge in [-0.25, -0.2) is 0 Å². The Hall–Kier alpha value is 15.1. The van der Waals surface area contributed by atoms with Gasteiger partial charge in [0.25, 0.3) is 0 Å². The van der Waals surface area contributed by atoms with Crippen LogP contribution in [0.25, 0.3) is 0 Å². The van der Waals surface area contributed by atoms with E-state index in [4.69, 9.17) is 135 Å². The van der Waals surface area contributed by atoms with Crippen molar-refractivity contribution in [2.24, 2.45) is 0 Å². The van der Waals surface area contributed by atoms with Gasteiger partial charge in [0, 0.05) is 0 Å². The molecule has 0 heterocycles. The zero-order chi connectivity index (χ0) is 31.5. The molecule has 0 spiro atoms. The second kappa shape index (κ2) is 67.7. The number of rotatable bonds is 0. The Morgan fingerprint density at radius 3 is 0.170 bits per heavy atom. The first-order chi connectivity index (χ1) is 14.0. The van der Waals surface area contributed by atoms with Crippen molar-refractivity contribution in [2.45, 2.75) is 0 Å². The largest absolute Gasteiger partial charge is 2.00 e. The maximum Gasteiger partial charge on any atom is 2.00 e. The van der Waals surface area contributed by atoms with E-state index >= 15 is 0 Å². The fourth-order valence-corrected chi connectivity index (χ4v) is 0. The van der Waals surface area contributed by atoms with E-state index in [9.17, 15) is 0 Å². The fraction of sp³-hybridized carbons (Fsp3) is 0. The van der Waals surface area contributed by atoms with Crippen molar-refractivity contribution in [3.63, 3.8) is 0 Å². The third kappa shape index (κ3) is 935. The Balaban J connectivity index is -0.0000000110. The first-order valence-electron chi connectivity index (χ1n) is 5.11. The molecule has 0 amide bonds. The Kier molecular flexibility index (Phi) is 180. The maximum absolute atomic E-state index is 8.55. The molecule has 47 heavy (non-hydrogen) atoms. The van der Waals surface area contributed by atoms with Gasteiger partial charge in [0.2, 0.25) is 0 Å². The molecular formula is Ca9Na3O28P7. The Bertz CT molecular complexity index is 593. The number of phosphoric acid groups is 7. The molecule has 0 fully saturated rings. The summed E-state index contributed by atoms with van der Waals surface area (Å²) in [6.07, 6.45) is 0. The van der Waals surface area contributed by atoms with Crippen LogP contribution in [0.1, 0.15) is 0 Å². The molecule has 0 aromatic rings. The standard InChI is InChI=1S/9Ca.3Na.7H3O4P/c;;;;;;;;;;;;7*1-5(2,3)4/h;;;;;;;;;;;;7*(H3,1,2,3,4)/q9*+2;3*+1;;;;;;;/p-21. The molecule has 0 aliphatic carbocycles. The van der Waals surface area contributed by atoms with Gasteiger partial charge in [-0.3, -0.25) is 0 Å². The predicted octanol–water partition coefficient (Wildman–Crippen LogP) is -32.2. The van der Waals surface area contributed by atoms with Crippen LogP contribution in [0, 0.1) is 0 Å². The van der Waals surface area contributed by atoms with Crippen LogP contribution in [0.5, 0.6) is 0 Å². The minimum atomic E-state index is -5.39. The molecule has 28 nitrogen and oxygen atoms in total. The SMILES string of the molecule is O=P([O-])([O-])[O-].O=P([O-])([O-])[O-].O=P([O-])([O-])[O-].O=P([O-])([O-])[O-].O=P([O-])([O-])[O-].O=P([O-])([O-])[O-].O=P([O-])([O-])[O-].[Ca+2].[Ca+2].[Ca+2].[Ca+2].[Ca+2].[Ca+2].[Ca+2].[Ca+2].[Ca+2].[Na+].[Na+].[Na+]. The maximum atomic E-state index is 8.55. The average molecular weight is 1090 g/mol. The van der Waals surface area contributed by atoms with Crippen LogP contribution in [0.4, 0.5) is 0 Å². The molecule has 0 bridgehead atoms. The number of hydrogen-bond acceptors (Lipinski definition) is 28. The predicted molar refractivity (Wildman–Crippen MR) is 105 cm³/mol. The zero-order valence-electron chi connectivity index (χ0n) is 23.9. The Morgan fingerprint density at radius 1 is 0.170 bits per heavy atom. The van der Waals surface area contributed by atoms with Crippen LogP contribution in [-0.4, -0.2) is 340 Å². The van der Waals surface area contributed by atoms with E-state index in [2.05, 4.69) is 0 Å². The fourth-order valence-electron chi connectivity index (χ4n) is 0. The summed E-state index contributed by atoms with van der Waals surface area (Å²) in [4.78, 5) is 180. The van der Waals surface area contributed by atoms with Crippen LogP contribution >= 0.6 is 54.8 Å². The van der Waals surface area contributed by atoms with Gasteiger partial charge in [-0.2, -0.15) is 54.8 Å². The smallest absolute Gasteiger partial charge is 0.822 e. The summed E-state index contributed by atoms with van der Waals surface area (Å²) in [7, 11) is -37.7. The molecule has 0 aromatic carbocycles. The first-order valence-corrected chi connectivity index (χ1v) is 15.3. The summed E-state index contributed by atoms with van der Waals surface area (Å²) in [5.41, 5.74) is 0. The van der Waals surface area contributed by atoms with Crippen molar-refractivity contribution in [3.8, 4) is 0 Å². The van der Waals surface area contributed by atoms with Crippen LogP contribution < -0.4 is 191 Å². The number of hydrogen-bond donors (Lipinski definition) is 0. The van der Waals surface area contributed by atoms with Gasteiger partial charge in [0.15, 0.2) is 0 Å². The van der Waals surface area contributed by atoms with E-state index in [1.807, 2.05) is 0 Å². The summed E-state index contributed by atoms with van der Waals surface area (Å²) in [6.45, 7) is 0. The molecule has 0 radical (unpaired) electrons. The molecule has 224 valence electrons. The summed E-state index contributed by atoms with van der Waals surface area (Å²) in [6, 6.07) is 0. The van der Waals surface area contributed by atoms with Crippen molar-refractivity contribution in [1.82, 2.24) is 0 Å². The molecule has 0 rings (SSSR count). The van der Waals surface area contributed by atoms with E-state index in [1.165, 1.54) is 0 Å². The van der Waals surface area contributed by atoms with Gasteiger partial charge >= 0.3 is 428 Å². The van der Waals surface area contributed by atoms with Crippen LogP contribution in [0.15, 0.2) is 0 Å². The van der Waals surface area contributed by atoms with E-state index in [0.29, 0.717) is 0 Å². The second-order valence-electron chi connectivity index (χ2n) is 3.13. The Labute approximate surface area is 600 Å². The van der Waals surface area contributed by atoms with Gasteiger partial charge in [-0.15, -0.1) is 0 Å². The average Bonchev–Trinajstić information content (AvgIpc) is 2.06. The summed E-state index contributed by atoms with van der Waals surface area (Å²) >= 11 is 0. The van der Waals surface area contributed by atoms with Crippen molar-refractivity contribution < 1.29 is 223 Å². The molecule has 0 saturated carbocycles. The van der Waals surface area contributed by atoms with Gasteiger partial charge in [-0.05, 0) is 0 Å². The normalized spacial score (nSPS) is 8.79. The van der Waals surface area contributed by atoms with E-state index in [0.717, 1.165) is 0 Å². The second-order valence-corrected chi connectivity index (χ2v) is 9.39. The van der Waals surface area contributed by atoms with Gasteiger partial charge in [0.05, 0.1) is 0 Å². The van der Waals surface area contributed by atoms with E-state index in [-0.39, 0.29) is 428 Å². The summed E-state index contributed by atoms with van der Waals surface area (Å²) in [5, 5.41) is 0. The van der Waals surface area contributed by atoms with E-state index in [1.54, 1.807) is 0 Å².